The Labute approximate surface area is 360 Å². The molecule has 2 nitrogen and oxygen atoms in total. The highest BCUT2D eigenvalue weighted by atomic mass is 15.0. The number of aromatic nitrogens is 2. The van der Waals surface area contributed by atoms with Crippen molar-refractivity contribution in [1.29, 1.82) is 0 Å². The van der Waals surface area contributed by atoms with E-state index in [1.165, 1.54) is 93.7 Å². The van der Waals surface area contributed by atoms with Gasteiger partial charge in [-0.1, -0.05) is 182 Å². The predicted octanol–water partition coefficient (Wildman–Crippen LogP) is 16.2. The smallest absolute Gasteiger partial charge is 0.0541 e. The molecule has 0 saturated carbocycles. The fourth-order valence-corrected chi connectivity index (χ4v) is 9.64. The van der Waals surface area contributed by atoms with Gasteiger partial charge in [0.1, 0.15) is 0 Å². The van der Waals surface area contributed by atoms with Crippen molar-refractivity contribution in [1.82, 2.24) is 9.13 Å². The Bertz CT molecular complexity index is 3490. The first-order valence-electron chi connectivity index (χ1n) is 21.3. The van der Waals surface area contributed by atoms with Gasteiger partial charge in [0.15, 0.2) is 0 Å². The maximum absolute atomic E-state index is 2.39. The van der Waals surface area contributed by atoms with E-state index in [1.807, 2.05) is 0 Å². The zero-order chi connectivity index (χ0) is 41.0. The average molecular weight is 789 g/mol. The summed E-state index contributed by atoms with van der Waals surface area (Å²) in [4.78, 5) is 0. The lowest BCUT2D eigenvalue weighted by Crippen LogP contribution is -1.95. The van der Waals surface area contributed by atoms with Crippen molar-refractivity contribution in [2.45, 2.75) is 0 Å². The lowest BCUT2D eigenvalue weighted by Gasteiger charge is -2.19. The van der Waals surface area contributed by atoms with Crippen LogP contribution in [0.15, 0.2) is 243 Å². The lowest BCUT2D eigenvalue weighted by molar-refractivity contribution is 1.18. The van der Waals surface area contributed by atoms with Gasteiger partial charge in [-0.05, 0) is 116 Å². The second-order valence-electron chi connectivity index (χ2n) is 16.1. The van der Waals surface area contributed by atoms with E-state index >= 15 is 0 Å². The zero-order valence-corrected chi connectivity index (χ0v) is 34.0. The van der Waals surface area contributed by atoms with Crippen molar-refractivity contribution in [3.05, 3.63) is 243 Å². The first-order chi connectivity index (χ1) is 30.8. The van der Waals surface area contributed by atoms with Crippen LogP contribution in [-0.4, -0.2) is 9.13 Å². The lowest BCUT2D eigenvalue weighted by atomic mass is 9.86. The first kappa shape index (κ1) is 35.7. The second-order valence-corrected chi connectivity index (χ2v) is 16.1. The second kappa shape index (κ2) is 14.8. The van der Waals surface area contributed by atoms with E-state index in [4.69, 9.17) is 0 Å². The molecule has 12 aromatic rings. The highest BCUT2D eigenvalue weighted by molar-refractivity contribution is 6.10. The molecule has 0 bridgehead atoms. The molecule has 0 fully saturated rings. The van der Waals surface area contributed by atoms with Gasteiger partial charge in [0, 0.05) is 32.9 Å². The number of para-hydroxylation sites is 4. The summed E-state index contributed by atoms with van der Waals surface area (Å²) in [7, 11) is 0. The number of hydrogen-bond donors (Lipinski definition) is 0. The summed E-state index contributed by atoms with van der Waals surface area (Å²) in [6.07, 6.45) is 0. The number of fused-ring (bicyclic) bond motifs is 6. The van der Waals surface area contributed by atoms with Crippen LogP contribution in [0.3, 0.4) is 0 Å². The minimum atomic E-state index is 1.14. The quantitative estimate of drug-likeness (QED) is 0.152. The summed E-state index contributed by atoms with van der Waals surface area (Å²) in [6.45, 7) is 0. The summed E-state index contributed by atoms with van der Waals surface area (Å²) in [6, 6.07) is 88.5. The average Bonchev–Trinajstić information content (AvgIpc) is 3.87. The summed E-state index contributed by atoms with van der Waals surface area (Å²) >= 11 is 0. The Kier molecular flexibility index (Phi) is 8.53. The number of nitrogens with zero attached hydrogens (tertiary/aromatic N) is 2. The van der Waals surface area contributed by atoms with Crippen LogP contribution in [0.25, 0.3) is 111 Å². The highest BCUT2D eigenvalue weighted by Crippen LogP contribution is 2.43. The summed E-state index contributed by atoms with van der Waals surface area (Å²) in [5, 5.41) is 5.06. The molecule has 2 heterocycles. The molecule has 0 unspecified atom stereocenters. The molecule has 0 aliphatic rings. The maximum atomic E-state index is 2.39. The molecule has 0 radical (unpaired) electrons. The molecule has 290 valence electrons. The van der Waals surface area contributed by atoms with Crippen molar-refractivity contribution in [2.75, 3.05) is 0 Å². The van der Waals surface area contributed by atoms with Crippen LogP contribution >= 0.6 is 0 Å². The van der Waals surface area contributed by atoms with Gasteiger partial charge >= 0.3 is 0 Å². The van der Waals surface area contributed by atoms with Crippen molar-refractivity contribution in [3.63, 3.8) is 0 Å². The third-order valence-corrected chi connectivity index (χ3v) is 12.6. The Morgan fingerprint density at radius 3 is 0.984 bits per heavy atom. The van der Waals surface area contributed by atoms with Gasteiger partial charge in [0.05, 0.1) is 22.1 Å². The molecule has 62 heavy (non-hydrogen) atoms. The van der Waals surface area contributed by atoms with Gasteiger partial charge in [-0.15, -0.1) is 0 Å². The highest BCUT2D eigenvalue weighted by Gasteiger charge is 2.18. The third kappa shape index (κ3) is 5.96. The Morgan fingerprint density at radius 2 is 0.516 bits per heavy atom. The van der Waals surface area contributed by atoms with E-state index in [9.17, 15) is 0 Å². The molecule has 0 spiro atoms. The maximum Gasteiger partial charge on any atom is 0.0541 e. The van der Waals surface area contributed by atoms with Crippen LogP contribution in [0, 0.1) is 0 Å². The number of rotatable bonds is 7. The fraction of sp³-hybridized carbons (Fsp3) is 0. The number of hydrogen-bond acceptors (Lipinski definition) is 0. The van der Waals surface area contributed by atoms with E-state index in [0.29, 0.717) is 0 Å². The topological polar surface area (TPSA) is 9.86 Å². The monoisotopic (exact) mass is 788 g/mol. The van der Waals surface area contributed by atoms with Crippen LogP contribution < -0.4 is 0 Å². The molecule has 0 N–H and O–H groups in total. The van der Waals surface area contributed by atoms with Crippen LogP contribution in [-0.2, 0) is 0 Å². The first-order valence-corrected chi connectivity index (χ1v) is 21.3. The van der Waals surface area contributed by atoms with Crippen molar-refractivity contribution in [2.24, 2.45) is 0 Å². The SMILES string of the molecule is c1ccc(-c2ccc(-c3ccccc3)c(-c3ccc(-c4ccc(-n5c6ccccc6c6ccccc65)cc4)cc3-c3ccc(-n4c5ccccc5c5ccccc54)cc3)c2)cc1. The van der Waals surface area contributed by atoms with Gasteiger partial charge in [-0.3, -0.25) is 0 Å². The zero-order valence-electron chi connectivity index (χ0n) is 34.0. The molecule has 0 aliphatic heterocycles. The molecule has 0 saturated heterocycles. The summed E-state index contributed by atoms with van der Waals surface area (Å²) < 4.78 is 4.77. The Hall–Kier alpha value is -8.20. The number of benzene rings is 10. The standard InChI is InChI=1S/C60H40N2/c1-3-15-41(16-4-1)46-31-37-49(43-17-5-2-6-18-43)56(40-46)50-38-32-45(42-27-33-47(34-28-42)61-57-23-11-7-19-51(57)52-20-8-12-24-58(52)61)39-55(50)44-29-35-48(36-30-44)62-59-25-13-9-21-53(59)54-22-10-14-26-60(54)62/h1-40H. The molecule has 0 atom stereocenters. The van der Waals surface area contributed by atoms with Crippen LogP contribution in [0.4, 0.5) is 0 Å². The van der Waals surface area contributed by atoms with E-state index in [-0.39, 0.29) is 0 Å². The van der Waals surface area contributed by atoms with Gasteiger partial charge in [-0.2, -0.15) is 0 Å². The Balaban J connectivity index is 1.03. The molecular weight excluding hydrogens is 749 g/mol. The van der Waals surface area contributed by atoms with Gasteiger partial charge in [0.25, 0.3) is 0 Å². The normalized spacial score (nSPS) is 11.5. The van der Waals surface area contributed by atoms with E-state index in [1.54, 1.807) is 0 Å². The molecule has 12 rings (SSSR count). The summed E-state index contributed by atoms with van der Waals surface area (Å²) in [5.74, 6) is 0. The molecule has 10 aromatic carbocycles. The van der Waals surface area contributed by atoms with Gasteiger partial charge in [0.2, 0.25) is 0 Å². The molecular formula is C60H40N2. The minimum Gasteiger partial charge on any atom is -0.309 e. The van der Waals surface area contributed by atoms with Gasteiger partial charge < -0.3 is 9.13 Å². The molecule has 2 heteroatoms. The van der Waals surface area contributed by atoms with E-state index in [0.717, 1.165) is 16.9 Å². The van der Waals surface area contributed by atoms with Gasteiger partial charge in [-0.25, -0.2) is 0 Å². The van der Waals surface area contributed by atoms with Crippen molar-refractivity contribution >= 4 is 43.6 Å². The summed E-state index contributed by atoms with van der Waals surface area (Å²) in [5.41, 5.74) is 19.0. The predicted molar refractivity (Wildman–Crippen MR) is 262 cm³/mol. The van der Waals surface area contributed by atoms with E-state index in [2.05, 4.69) is 252 Å². The van der Waals surface area contributed by atoms with Crippen LogP contribution in [0.1, 0.15) is 0 Å². The molecule has 0 amide bonds. The molecule has 2 aromatic heterocycles. The molecule has 0 aliphatic carbocycles. The fourth-order valence-electron chi connectivity index (χ4n) is 9.64. The largest absolute Gasteiger partial charge is 0.309 e. The van der Waals surface area contributed by atoms with Crippen LogP contribution in [0.2, 0.25) is 0 Å². The Morgan fingerprint density at radius 1 is 0.194 bits per heavy atom. The van der Waals surface area contributed by atoms with E-state index < -0.39 is 0 Å². The third-order valence-electron chi connectivity index (χ3n) is 12.6. The minimum absolute atomic E-state index is 1.14. The van der Waals surface area contributed by atoms with Crippen LogP contribution in [0.5, 0.6) is 0 Å². The van der Waals surface area contributed by atoms with Crippen molar-refractivity contribution < 1.29 is 0 Å². The van der Waals surface area contributed by atoms with Crippen molar-refractivity contribution in [3.8, 4) is 67.0 Å².